The van der Waals surface area contributed by atoms with Crippen molar-refractivity contribution in [3.05, 3.63) is 0 Å². The summed E-state index contributed by atoms with van der Waals surface area (Å²) in [6.45, 7) is 13.2. The van der Waals surface area contributed by atoms with E-state index in [1.54, 1.807) is 0 Å². The van der Waals surface area contributed by atoms with E-state index in [0.717, 1.165) is 52.4 Å². The van der Waals surface area contributed by atoms with Crippen molar-refractivity contribution in [3.63, 3.8) is 0 Å². The SMILES string of the molecule is CCOCCCNCC(C)N1CCOC(C)C1. The van der Waals surface area contributed by atoms with E-state index >= 15 is 0 Å². The molecule has 1 saturated heterocycles. The molecule has 1 heterocycles. The minimum atomic E-state index is 0.379. The van der Waals surface area contributed by atoms with Gasteiger partial charge in [-0.2, -0.15) is 0 Å². The van der Waals surface area contributed by atoms with Gasteiger partial charge >= 0.3 is 0 Å². The summed E-state index contributed by atoms with van der Waals surface area (Å²) < 4.78 is 10.9. The third-order valence-corrected chi connectivity index (χ3v) is 3.18. The normalized spacial score (nSPS) is 23.8. The molecule has 17 heavy (non-hydrogen) atoms. The molecular formula is C13H28N2O2. The van der Waals surface area contributed by atoms with Crippen molar-refractivity contribution in [1.29, 1.82) is 0 Å². The van der Waals surface area contributed by atoms with Crippen LogP contribution in [0.3, 0.4) is 0 Å². The van der Waals surface area contributed by atoms with Crippen LogP contribution in [0.4, 0.5) is 0 Å². The highest BCUT2D eigenvalue weighted by atomic mass is 16.5. The first-order valence-electron chi connectivity index (χ1n) is 6.88. The Morgan fingerprint density at radius 1 is 1.53 bits per heavy atom. The van der Waals surface area contributed by atoms with E-state index in [-0.39, 0.29) is 0 Å². The largest absolute Gasteiger partial charge is 0.382 e. The van der Waals surface area contributed by atoms with E-state index in [2.05, 4.69) is 24.1 Å². The van der Waals surface area contributed by atoms with Gasteiger partial charge in [0, 0.05) is 38.9 Å². The predicted octanol–water partition coefficient (Wildman–Crippen LogP) is 1.11. The maximum Gasteiger partial charge on any atom is 0.0674 e. The third-order valence-electron chi connectivity index (χ3n) is 3.18. The lowest BCUT2D eigenvalue weighted by molar-refractivity contribution is -0.0311. The van der Waals surface area contributed by atoms with Crippen LogP contribution in [-0.2, 0) is 9.47 Å². The summed E-state index contributed by atoms with van der Waals surface area (Å²) in [6, 6.07) is 0.591. The number of rotatable bonds is 8. The first-order chi connectivity index (χ1) is 8.24. The summed E-state index contributed by atoms with van der Waals surface area (Å²) in [5, 5.41) is 3.49. The lowest BCUT2D eigenvalue weighted by Crippen LogP contribution is -2.49. The van der Waals surface area contributed by atoms with Crippen LogP contribution in [0.2, 0.25) is 0 Å². The molecule has 0 aromatic heterocycles. The molecule has 0 spiro atoms. The Kier molecular flexibility index (Phi) is 7.77. The van der Waals surface area contributed by atoms with Crippen molar-refractivity contribution >= 4 is 0 Å². The first kappa shape index (κ1) is 14.9. The van der Waals surface area contributed by atoms with Crippen LogP contribution >= 0.6 is 0 Å². The Labute approximate surface area is 106 Å². The molecule has 4 nitrogen and oxygen atoms in total. The van der Waals surface area contributed by atoms with Gasteiger partial charge in [-0.3, -0.25) is 4.90 Å². The molecule has 0 amide bonds. The summed E-state index contributed by atoms with van der Waals surface area (Å²) in [5.74, 6) is 0. The number of nitrogens with one attached hydrogen (secondary N) is 1. The fraction of sp³-hybridized carbons (Fsp3) is 1.00. The first-order valence-corrected chi connectivity index (χ1v) is 6.88. The highest BCUT2D eigenvalue weighted by molar-refractivity contribution is 4.75. The van der Waals surface area contributed by atoms with Gasteiger partial charge in [0.25, 0.3) is 0 Å². The van der Waals surface area contributed by atoms with Gasteiger partial charge in [-0.05, 0) is 33.7 Å². The predicted molar refractivity (Wildman–Crippen MR) is 70.4 cm³/mol. The third kappa shape index (κ3) is 6.36. The lowest BCUT2D eigenvalue weighted by atomic mass is 10.2. The second kappa shape index (κ2) is 8.86. The quantitative estimate of drug-likeness (QED) is 0.649. The molecule has 1 N–H and O–H groups in total. The number of ether oxygens (including phenoxy) is 2. The molecule has 0 bridgehead atoms. The van der Waals surface area contributed by atoms with Crippen LogP contribution in [0.15, 0.2) is 0 Å². The minimum Gasteiger partial charge on any atom is -0.382 e. The molecule has 0 radical (unpaired) electrons. The highest BCUT2D eigenvalue weighted by Crippen LogP contribution is 2.07. The van der Waals surface area contributed by atoms with Crippen molar-refractivity contribution < 1.29 is 9.47 Å². The van der Waals surface area contributed by atoms with Crippen LogP contribution in [0, 0.1) is 0 Å². The number of hydrogen-bond donors (Lipinski definition) is 1. The second-order valence-electron chi connectivity index (χ2n) is 4.78. The van der Waals surface area contributed by atoms with Crippen LogP contribution in [0.5, 0.6) is 0 Å². The van der Waals surface area contributed by atoms with Gasteiger partial charge in [0.05, 0.1) is 12.7 Å². The Bertz CT molecular complexity index is 190. The van der Waals surface area contributed by atoms with Crippen LogP contribution in [0.25, 0.3) is 0 Å². The summed E-state index contributed by atoms with van der Waals surface area (Å²) in [6.07, 6.45) is 1.48. The fourth-order valence-electron chi connectivity index (χ4n) is 2.13. The lowest BCUT2D eigenvalue weighted by Gasteiger charge is -2.35. The zero-order valence-electron chi connectivity index (χ0n) is 11.6. The Hall–Kier alpha value is -0.160. The summed E-state index contributed by atoms with van der Waals surface area (Å²) in [4.78, 5) is 2.50. The average molecular weight is 244 g/mol. The standard InChI is InChI=1S/C13H28N2O2/c1-4-16-8-5-6-14-10-12(2)15-7-9-17-13(3)11-15/h12-14H,4-11H2,1-3H3. The molecular weight excluding hydrogens is 216 g/mol. The molecule has 4 heteroatoms. The van der Waals surface area contributed by atoms with Crippen molar-refractivity contribution in [1.82, 2.24) is 10.2 Å². The van der Waals surface area contributed by atoms with E-state index in [1.807, 2.05) is 6.92 Å². The van der Waals surface area contributed by atoms with Gasteiger partial charge < -0.3 is 14.8 Å². The molecule has 0 aromatic rings. The molecule has 102 valence electrons. The van der Waals surface area contributed by atoms with Gasteiger partial charge in [0.2, 0.25) is 0 Å². The number of hydrogen-bond acceptors (Lipinski definition) is 4. The van der Waals surface area contributed by atoms with Crippen molar-refractivity contribution in [2.24, 2.45) is 0 Å². The Morgan fingerprint density at radius 2 is 2.35 bits per heavy atom. The van der Waals surface area contributed by atoms with Crippen LogP contribution < -0.4 is 5.32 Å². The number of morpholine rings is 1. The van der Waals surface area contributed by atoms with Crippen LogP contribution in [-0.4, -0.2) is 63.0 Å². The van der Waals surface area contributed by atoms with Gasteiger partial charge in [-0.1, -0.05) is 0 Å². The number of nitrogens with zero attached hydrogens (tertiary/aromatic N) is 1. The van der Waals surface area contributed by atoms with Crippen molar-refractivity contribution in [3.8, 4) is 0 Å². The van der Waals surface area contributed by atoms with Crippen molar-refractivity contribution in [2.75, 3.05) is 46.0 Å². The maximum atomic E-state index is 5.55. The summed E-state index contributed by atoms with van der Waals surface area (Å²) >= 11 is 0. The van der Waals surface area contributed by atoms with E-state index in [0.29, 0.717) is 12.1 Å². The summed E-state index contributed by atoms with van der Waals surface area (Å²) in [5.41, 5.74) is 0. The fourth-order valence-corrected chi connectivity index (χ4v) is 2.13. The topological polar surface area (TPSA) is 33.7 Å². The average Bonchev–Trinajstić information content (AvgIpc) is 2.33. The molecule has 0 aliphatic carbocycles. The van der Waals surface area contributed by atoms with E-state index in [4.69, 9.17) is 9.47 Å². The summed E-state index contributed by atoms with van der Waals surface area (Å²) in [7, 11) is 0. The van der Waals surface area contributed by atoms with Crippen LogP contribution in [0.1, 0.15) is 27.2 Å². The van der Waals surface area contributed by atoms with Gasteiger partial charge in [-0.25, -0.2) is 0 Å². The molecule has 1 rings (SSSR count). The molecule has 1 aliphatic rings. The molecule has 2 unspecified atom stereocenters. The monoisotopic (exact) mass is 244 g/mol. The zero-order valence-corrected chi connectivity index (χ0v) is 11.6. The van der Waals surface area contributed by atoms with Gasteiger partial charge in [0.15, 0.2) is 0 Å². The highest BCUT2D eigenvalue weighted by Gasteiger charge is 2.20. The smallest absolute Gasteiger partial charge is 0.0674 e. The van der Waals surface area contributed by atoms with Gasteiger partial charge in [-0.15, -0.1) is 0 Å². The molecule has 0 aromatic carbocycles. The molecule has 0 saturated carbocycles. The Morgan fingerprint density at radius 3 is 3.06 bits per heavy atom. The minimum absolute atomic E-state index is 0.379. The Balaban J connectivity index is 2.02. The van der Waals surface area contributed by atoms with E-state index in [1.165, 1.54) is 0 Å². The molecule has 2 atom stereocenters. The second-order valence-corrected chi connectivity index (χ2v) is 4.78. The van der Waals surface area contributed by atoms with E-state index in [9.17, 15) is 0 Å². The molecule has 1 aliphatic heterocycles. The van der Waals surface area contributed by atoms with Crippen molar-refractivity contribution in [2.45, 2.75) is 39.3 Å². The van der Waals surface area contributed by atoms with E-state index < -0.39 is 0 Å². The molecule has 1 fully saturated rings. The van der Waals surface area contributed by atoms with Gasteiger partial charge in [0.1, 0.15) is 0 Å². The zero-order chi connectivity index (χ0) is 12.5. The maximum absolute atomic E-state index is 5.55.